The highest BCUT2D eigenvalue weighted by Gasteiger charge is 2.58. The zero-order valence-corrected chi connectivity index (χ0v) is 18.5. The second kappa shape index (κ2) is 8.97. The average molecular weight is 490 g/mol. The van der Waals surface area contributed by atoms with Crippen molar-refractivity contribution in [3.8, 4) is 11.5 Å². The largest absolute Gasteiger partial charge is 0.458 e. The maximum atomic E-state index is 13.5. The molecule has 182 valence electrons. The number of benzene rings is 2. The number of pyridine rings is 1. The highest BCUT2D eigenvalue weighted by molar-refractivity contribution is 5.81. The third-order valence-corrected chi connectivity index (χ3v) is 5.17. The molecule has 0 saturated carbocycles. The van der Waals surface area contributed by atoms with Crippen LogP contribution in [0.1, 0.15) is 18.2 Å². The summed E-state index contributed by atoms with van der Waals surface area (Å²) in [5, 5.41) is 2.92. The number of anilines is 2. The first-order valence-corrected chi connectivity index (χ1v) is 10.3. The third kappa shape index (κ3) is 5.08. The molecule has 0 saturated heterocycles. The quantitative estimate of drug-likeness (QED) is 0.309. The lowest BCUT2D eigenvalue weighted by Crippen LogP contribution is -2.33. The lowest BCUT2D eigenvalue weighted by Gasteiger charge is -2.20. The van der Waals surface area contributed by atoms with Crippen LogP contribution in [0.3, 0.4) is 0 Å². The number of Topliss-reactive ketones (excluding diaryl/α,β-unsaturated/α-hetero) is 1. The standard InChI is InChI=1S/C24H19F5N4O2/c1-14(34)11-17-12-19(9-10-30-17)35-18-7-8-21-20(13-18)32-22(33(21)2)31-16-5-3-15(4-6-16)23(25,26)24(27,28)29/h3-10,12-13H,11H2,1-2H3,(H,31,32). The SMILES string of the molecule is CC(=O)Cc1cc(Oc2ccc3c(c2)nc(Nc2ccc(C(F)(F)C(F)(F)F)cc2)n3C)ccn1. The molecule has 2 aromatic heterocycles. The zero-order chi connectivity index (χ0) is 25.4. The van der Waals surface area contributed by atoms with Crippen LogP contribution in [0.2, 0.25) is 0 Å². The Morgan fingerprint density at radius 2 is 1.69 bits per heavy atom. The van der Waals surface area contributed by atoms with Gasteiger partial charge in [-0.3, -0.25) is 9.78 Å². The summed E-state index contributed by atoms with van der Waals surface area (Å²) in [4.78, 5) is 19.9. The molecule has 0 bridgehead atoms. The van der Waals surface area contributed by atoms with Gasteiger partial charge in [-0.1, -0.05) is 12.1 Å². The van der Waals surface area contributed by atoms with E-state index in [9.17, 15) is 26.7 Å². The first-order valence-electron chi connectivity index (χ1n) is 10.3. The van der Waals surface area contributed by atoms with Crippen molar-refractivity contribution in [2.75, 3.05) is 5.32 Å². The number of imidazole rings is 1. The fourth-order valence-electron chi connectivity index (χ4n) is 3.42. The molecule has 0 atom stereocenters. The predicted molar refractivity (Wildman–Crippen MR) is 119 cm³/mol. The Morgan fingerprint density at radius 1 is 1.00 bits per heavy atom. The van der Waals surface area contributed by atoms with Crippen molar-refractivity contribution in [1.82, 2.24) is 14.5 Å². The van der Waals surface area contributed by atoms with Crippen LogP contribution in [0, 0.1) is 0 Å². The highest BCUT2D eigenvalue weighted by atomic mass is 19.4. The van der Waals surface area contributed by atoms with E-state index in [1.807, 2.05) is 0 Å². The number of alkyl halides is 5. The molecule has 0 aliphatic carbocycles. The second-order valence-corrected chi connectivity index (χ2v) is 7.88. The molecule has 11 heteroatoms. The van der Waals surface area contributed by atoms with Crippen molar-refractivity contribution in [2.24, 2.45) is 7.05 Å². The minimum absolute atomic E-state index is 0.0201. The van der Waals surface area contributed by atoms with Crippen molar-refractivity contribution >= 4 is 28.5 Å². The predicted octanol–water partition coefficient (Wildman–Crippen LogP) is 6.29. The van der Waals surface area contributed by atoms with Crippen molar-refractivity contribution in [1.29, 1.82) is 0 Å². The van der Waals surface area contributed by atoms with Gasteiger partial charge in [-0.05, 0) is 37.3 Å². The van der Waals surface area contributed by atoms with Gasteiger partial charge >= 0.3 is 12.1 Å². The van der Waals surface area contributed by atoms with Gasteiger partial charge in [0.25, 0.3) is 0 Å². The van der Waals surface area contributed by atoms with Crippen molar-refractivity contribution < 1.29 is 31.5 Å². The molecule has 1 N–H and O–H groups in total. The fourth-order valence-corrected chi connectivity index (χ4v) is 3.42. The first kappa shape index (κ1) is 24.1. The molecule has 0 radical (unpaired) electrons. The maximum absolute atomic E-state index is 13.5. The van der Waals surface area contributed by atoms with E-state index in [2.05, 4.69) is 15.3 Å². The molecule has 0 amide bonds. The Kier molecular flexibility index (Phi) is 6.18. The summed E-state index contributed by atoms with van der Waals surface area (Å²) in [6, 6.07) is 12.2. The Balaban J connectivity index is 1.54. The molecule has 0 aliphatic rings. The van der Waals surface area contributed by atoms with Gasteiger partial charge in [0.2, 0.25) is 5.95 Å². The van der Waals surface area contributed by atoms with Gasteiger partial charge in [0.05, 0.1) is 16.7 Å². The van der Waals surface area contributed by atoms with Gasteiger partial charge < -0.3 is 14.6 Å². The number of hydrogen-bond donors (Lipinski definition) is 1. The monoisotopic (exact) mass is 490 g/mol. The van der Waals surface area contributed by atoms with Crippen LogP contribution in [0.5, 0.6) is 11.5 Å². The van der Waals surface area contributed by atoms with Gasteiger partial charge in [-0.25, -0.2) is 4.98 Å². The summed E-state index contributed by atoms with van der Waals surface area (Å²) in [6.45, 7) is 1.47. The minimum Gasteiger partial charge on any atom is -0.457 e. The number of ether oxygens (including phenoxy) is 1. The molecular weight excluding hydrogens is 471 g/mol. The fraction of sp³-hybridized carbons (Fsp3) is 0.208. The van der Waals surface area contributed by atoms with E-state index < -0.39 is 17.7 Å². The van der Waals surface area contributed by atoms with Gasteiger partial charge in [0.1, 0.15) is 17.3 Å². The molecule has 0 aliphatic heterocycles. The number of nitrogens with zero attached hydrogens (tertiary/aromatic N) is 3. The molecule has 0 unspecified atom stereocenters. The summed E-state index contributed by atoms with van der Waals surface area (Å²) in [5.41, 5.74) is 1.01. The number of halogens is 5. The van der Waals surface area contributed by atoms with Crippen LogP contribution in [-0.4, -0.2) is 26.5 Å². The van der Waals surface area contributed by atoms with E-state index in [1.165, 1.54) is 6.92 Å². The molecule has 4 aromatic rings. The summed E-state index contributed by atoms with van der Waals surface area (Å²) in [5.74, 6) is -3.63. The molecule has 0 fully saturated rings. The summed E-state index contributed by atoms with van der Waals surface area (Å²) >= 11 is 0. The number of aromatic nitrogens is 3. The zero-order valence-electron chi connectivity index (χ0n) is 18.5. The number of fused-ring (bicyclic) bond motifs is 1. The Morgan fingerprint density at radius 3 is 2.34 bits per heavy atom. The van der Waals surface area contributed by atoms with Crippen molar-refractivity contribution in [3.63, 3.8) is 0 Å². The highest BCUT2D eigenvalue weighted by Crippen LogP contribution is 2.44. The Bertz CT molecular complexity index is 1380. The van der Waals surface area contributed by atoms with Crippen LogP contribution in [-0.2, 0) is 24.2 Å². The second-order valence-electron chi connectivity index (χ2n) is 7.88. The van der Waals surface area contributed by atoms with Crippen LogP contribution in [0.4, 0.5) is 33.6 Å². The van der Waals surface area contributed by atoms with Crippen molar-refractivity contribution in [3.05, 3.63) is 72.1 Å². The summed E-state index contributed by atoms with van der Waals surface area (Å²) in [7, 11) is 1.72. The topological polar surface area (TPSA) is 69.0 Å². The van der Waals surface area contributed by atoms with E-state index in [4.69, 9.17) is 4.74 Å². The van der Waals surface area contributed by atoms with Crippen LogP contribution in [0.15, 0.2) is 60.8 Å². The van der Waals surface area contributed by atoms with E-state index >= 15 is 0 Å². The van der Waals surface area contributed by atoms with Crippen LogP contribution >= 0.6 is 0 Å². The van der Waals surface area contributed by atoms with Gasteiger partial charge in [0, 0.05) is 43.0 Å². The summed E-state index contributed by atoms with van der Waals surface area (Å²) in [6.07, 6.45) is -3.94. The van der Waals surface area contributed by atoms with Gasteiger partial charge in [-0.2, -0.15) is 22.0 Å². The number of ketones is 1. The molecule has 0 spiro atoms. The normalized spacial score (nSPS) is 12.1. The molecule has 6 nitrogen and oxygen atoms in total. The van der Waals surface area contributed by atoms with Gasteiger partial charge in [-0.15, -0.1) is 0 Å². The molecule has 2 heterocycles. The van der Waals surface area contributed by atoms with Crippen molar-refractivity contribution in [2.45, 2.75) is 25.4 Å². The average Bonchev–Trinajstić information content (AvgIpc) is 3.07. The van der Waals surface area contributed by atoms with E-state index in [1.54, 1.807) is 48.1 Å². The van der Waals surface area contributed by atoms with Crippen LogP contribution in [0.25, 0.3) is 11.0 Å². The van der Waals surface area contributed by atoms with Crippen LogP contribution < -0.4 is 10.1 Å². The maximum Gasteiger partial charge on any atom is 0.458 e. The molecule has 35 heavy (non-hydrogen) atoms. The first-order chi connectivity index (χ1) is 16.4. The molecule has 2 aromatic carbocycles. The number of aryl methyl sites for hydroxylation is 1. The van der Waals surface area contributed by atoms with Gasteiger partial charge in [0.15, 0.2) is 0 Å². The van der Waals surface area contributed by atoms with E-state index in [-0.39, 0.29) is 17.9 Å². The lowest BCUT2D eigenvalue weighted by molar-refractivity contribution is -0.289. The third-order valence-electron chi connectivity index (χ3n) is 5.17. The van der Waals surface area contributed by atoms with E-state index in [0.717, 1.165) is 29.8 Å². The number of carbonyl (C=O) groups excluding carboxylic acids is 1. The number of rotatable bonds is 7. The Labute approximate surface area is 196 Å². The Hall–Kier alpha value is -4.02. The molecular formula is C24H19F5N4O2. The number of carbonyl (C=O) groups is 1. The smallest absolute Gasteiger partial charge is 0.457 e. The number of hydrogen-bond acceptors (Lipinski definition) is 5. The summed E-state index contributed by atoms with van der Waals surface area (Å²) < 4.78 is 72.3. The minimum atomic E-state index is -5.68. The lowest BCUT2D eigenvalue weighted by atomic mass is 10.1. The number of nitrogens with one attached hydrogen (secondary N) is 1. The molecule has 4 rings (SSSR count). The van der Waals surface area contributed by atoms with E-state index in [0.29, 0.717) is 28.7 Å².